The third-order valence-corrected chi connectivity index (χ3v) is 5.34. The van der Waals surface area contributed by atoms with Crippen molar-refractivity contribution in [2.45, 2.75) is 13.3 Å². The average Bonchev–Trinajstić information content (AvgIpc) is 3.04. The summed E-state index contributed by atoms with van der Waals surface area (Å²) in [6.45, 7) is 1.93. The summed E-state index contributed by atoms with van der Waals surface area (Å²) in [5.74, 6) is -0.613. The highest BCUT2D eigenvalue weighted by Gasteiger charge is 2.21. The second-order valence-corrected chi connectivity index (χ2v) is 7.72. The number of carbonyl (C=O) groups excluding carboxylic acids is 1. The lowest BCUT2D eigenvalue weighted by Crippen LogP contribution is -2.13. The zero-order valence-corrected chi connectivity index (χ0v) is 16.4. The molecule has 0 aliphatic rings. The van der Waals surface area contributed by atoms with Crippen LogP contribution >= 0.6 is 34.5 Å². The van der Waals surface area contributed by atoms with Gasteiger partial charge in [-0.15, -0.1) is 11.3 Å². The number of amides is 1. The van der Waals surface area contributed by atoms with E-state index < -0.39 is 10.8 Å². The van der Waals surface area contributed by atoms with E-state index in [0.29, 0.717) is 16.6 Å². The van der Waals surface area contributed by atoms with Crippen LogP contribution in [0, 0.1) is 17.0 Å². The molecule has 0 fully saturated rings. The summed E-state index contributed by atoms with van der Waals surface area (Å²) in [5, 5.41) is 15.0. The van der Waals surface area contributed by atoms with E-state index in [1.165, 1.54) is 23.5 Å². The Morgan fingerprint density at radius 1 is 1.26 bits per heavy atom. The molecule has 0 saturated heterocycles. The largest absolute Gasteiger partial charge is 0.298 e. The standard InChI is InChI=1S/C18H13Cl2N3O3S/c1-10-2-3-11(7-15(10)20)6-13-9-21-18(27-13)22-17(24)14-5-4-12(19)8-16(14)23(25)26/h2-5,7-9H,6H2,1H3,(H,21,22,24). The number of hydrogen-bond acceptors (Lipinski definition) is 5. The second-order valence-electron chi connectivity index (χ2n) is 5.76. The van der Waals surface area contributed by atoms with Crippen LogP contribution in [0.4, 0.5) is 10.8 Å². The van der Waals surface area contributed by atoms with Crippen LogP contribution < -0.4 is 5.32 Å². The fourth-order valence-corrected chi connectivity index (χ4v) is 3.62. The maximum absolute atomic E-state index is 12.4. The lowest BCUT2D eigenvalue weighted by Gasteiger charge is -2.03. The number of nitrogens with one attached hydrogen (secondary N) is 1. The number of benzene rings is 2. The predicted molar refractivity (Wildman–Crippen MR) is 107 cm³/mol. The van der Waals surface area contributed by atoms with Crippen LogP contribution in [0.25, 0.3) is 0 Å². The van der Waals surface area contributed by atoms with E-state index in [1.54, 1.807) is 6.20 Å². The molecular formula is C18H13Cl2N3O3S. The Kier molecular flexibility index (Phi) is 5.74. The van der Waals surface area contributed by atoms with Gasteiger partial charge in [-0.05, 0) is 36.2 Å². The molecule has 6 nitrogen and oxygen atoms in total. The Morgan fingerprint density at radius 3 is 2.74 bits per heavy atom. The lowest BCUT2D eigenvalue weighted by atomic mass is 10.1. The fraction of sp³-hybridized carbons (Fsp3) is 0.111. The molecule has 138 valence electrons. The van der Waals surface area contributed by atoms with E-state index in [-0.39, 0.29) is 16.3 Å². The normalized spacial score (nSPS) is 10.6. The van der Waals surface area contributed by atoms with E-state index >= 15 is 0 Å². The summed E-state index contributed by atoms with van der Waals surface area (Å²) in [6.07, 6.45) is 2.28. The number of hydrogen-bond donors (Lipinski definition) is 1. The van der Waals surface area contributed by atoms with Crippen LogP contribution in [-0.4, -0.2) is 15.8 Å². The molecular weight excluding hydrogens is 409 g/mol. The third-order valence-electron chi connectivity index (χ3n) is 3.79. The number of nitro groups is 1. The summed E-state index contributed by atoms with van der Waals surface area (Å²) < 4.78 is 0. The molecule has 0 radical (unpaired) electrons. The van der Waals surface area contributed by atoms with Crippen LogP contribution in [0.5, 0.6) is 0 Å². The van der Waals surface area contributed by atoms with Gasteiger partial charge in [-0.1, -0.05) is 35.3 Å². The predicted octanol–water partition coefficient (Wildman–Crippen LogP) is 5.51. The van der Waals surface area contributed by atoms with Crippen molar-refractivity contribution in [1.29, 1.82) is 0 Å². The average molecular weight is 422 g/mol. The first-order valence-corrected chi connectivity index (χ1v) is 9.36. The van der Waals surface area contributed by atoms with Crippen molar-refractivity contribution >= 4 is 51.3 Å². The molecule has 0 saturated carbocycles. The van der Waals surface area contributed by atoms with E-state index in [2.05, 4.69) is 10.3 Å². The Labute approximate surface area is 168 Å². The van der Waals surface area contributed by atoms with Gasteiger partial charge in [-0.25, -0.2) is 4.98 Å². The van der Waals surface area contributed by atoms with Crippen molar-refractivity contribution in [2.75, 3.05) is 5.32 Å². The molecule has 3 rings (SSSR count). The van der Waals surface area contributed by atoms with Gasteiger partial charge >= 0.3 is 0 Å². The van der Waals surface area contributed by atoms with E-state index in [4.69, 9.17) is 23.2 Å². The summed E-state index contributed by atoms with van der Waals surface area (Å²) >= 11 is 13.2. The monoisotopic (exact) mass is 421 g/mol. The minimum absolute atomic E-state index is 0.0773. The summed E-state index contributed by atoms with van der Waals surface area (Å²) in [6, 6.07) is 9.71. The van der Waals surface area contributed by atoms with E-state index in [0.717, 1.165) is 22.1 Å². The van der Waals surface area contributed by atoms with Crippen LogP contribution in [0.2, 0.25) is 10.0 Å². The molecule has 0 spiro atoms. The molecule has 1 heterocycles. The molecule has 1 N–H and O–H groups in total. The number of aryl methyl sites for hydroxylation is 1. The van der Waals surface area contributed by atoms with Crippen molar-refractivity contribution in [1.82, 2.24) is 4.98 Å². The van der Waals surface area contributed by atoms with Crippen LogP contribution in [-0.2, 0) is 6.42 Å². The first kappa shape index (κ1) is 19.3. The van der Waals surface area contributed by atoms with E-state index in [9.17, 15) is 14.9 Å². The molecule has 2 aromatic carbocycles. The number of nitro benzene ring substituents is 1. The SMILES string of the molecule is Cc1ccc(Cc2cnc(NC(=O)c3ccc(Cl)cc3[N+](=O)[O-])s2)cc1Cl. The van der Waals surface area contributed by atoms with Crippen LogP contribution in [0.15, 0.2) is 42.6 Å². The van der Waals surface area contributed by atoms with Gasteiger partial charge in [0, 0.05) is 33.6 Å². The van der Waals surface area contributed by atoms with Crippen molar-refractivity contribution in [2.24, 2.45) is 0 Å². The van der Waals surface area contributed by atoms with Crippen LogP contribution in [0.1, 0.15) is 26.4 Å². The van der Waals surface area contributed by atoms with E-state index in [1.807, 2.05) is 25.1 Å². The van der Waals surface area contributed by atoms with Gasteiger partial charge < -0.3 is 0 Å². The van der Waals surface area contributed by atoms with Crippen molar-refractivity contribution < 1.29 is 9.72 Å². The molecule has 1 amide bonds. The quantitative estimate of drug-likeness (QED) is 0.434. The Hall–Kier alpha value is -2.48. The minimum atomic E-state index is -0.644. The maximum atomic E-state index is 12.4. The molecule has 27 heavy (non-hydrogen) atoms. The summed E-state index contributed by atoms with van der Waals surface area (Å²) in [4.78, 5) is 28.0. The molecule has 0 unspecified atom stereocenters. The van der Waals surface area contributed by atoms with Gasteiger partial charge in [0.15, 0.2) is 5.13 Å². The van der Waals surface area contributed by atoms with Gasteiger partial charge in [0.25, 0.3) is 11.6 Å². The third kappa shape index (κ3) is 4.63. The smallest absolute Gasteiger partial charge is 0.283 e. The maximum Gasteiger partial charge on any atom is 0.283 e. The van der Waals surface area contributed by atoms with Crippen molar-refractivity contribution in [3.8, 4) is 0 Å². The number of anilines is 1. The molecule has 0 aliphatic carbocycles. The summed E-state index contributed by atoms with van der Waals surface area (Å²) in [7, 11) is 0. The fourth-order valence-electron chi connectivity index (χ4n) is 2.41. The first-order valence-electron chi connectivity index (χ1n) is 7.78. The number of rotatable bonds is 5. The minimum Gasteiger partial charge on any atom is -0.298 e. The van der Waals surface area contributed by atoms with Crippen LogP contribution in [0.3, 0.4) is 0 Å². The Bertz CT molecular complexity index is 1040. The molecule has 0 atom stereocenters. The molecule has 0 bridgehead atoms. The number of halogens is 2. The molecule has 0 aliphatic heterocycles. The highest BCUT2D eigenvalue weighted by Crippen LogP contribution is 2.27. The zero-order valence-electron chi connectivity index (χ0n) is 14.0. The molecule has 3 aromatic rings. The van der Waals surface area contributed by atoms with Gasteiger partial charge in [0.1, 0.15) is 5.56 Å². The first-order chi connectivity index (χ1) is 12.8. The zero-order chi connectivity index (χ0) is 19.6. The molecule has 9 heteroatoms. The molecule has 1 aromatic heterocycles. The lowest BCUT2D eigenvalue weighted by molar-refractivity contribution is -0.385. The highest BCUT2D eigenvalue weighted by molar-refractivity contribution is 7.15. The Morgan fingerprint density at radius 2 is 2.04 bits per heavy atom. The van der Waals surface area contributed by atoms with Crippen molar-refractivity contribution in [3.05, 3.63) is 84.3 Å². The summed E-state index contributed by atoms with van der Waals surface area (Å²) in [5.41, 5.74) is 1.60. The number of nitrogens with zero attached hydrogens (tertiary/aromatic N) is 2. The topological polar surface area (TPSA) is 85.1 Å². The Balaban J connectivity index is 1.75. The van der Waals surface area contributed by atoms with Gasteiger partial charge in [-0.2, -0.15) is 0 Å². The number of carbonyl (C=O) groups is 1. The number of thiazole rings is 1. The van der Waals surface area contributed by atoms with Gasteiger partial charge in [0.2, 0.25) is 0 Å². The number of aromatic nitrogens is 1. The highest BCUT2D eigenvalue weighted by atomic mass is 35.5. The van der Waals surface area contributed by atoms with Gasteiger partial charge in [0.05, 0.1) is 4.92 Å². The van der Waals surface area contributed by atoms with Crippen molar-refractivity contribution in [3.63, 3.8) is 0 Å². The second kappa shape index (κ2) is 8.04. The van der Waals surface area contributed by atoms with Gasteiger partial charge in [-0.3, -0.25) is 20.2 Å².